The third kappa shape index (κ3) is 3.14. The quantitative estimate of drug-likeness (QED) is 0.830. The van der Waals surface area contributed by atoms with E-state index in [0.29, 0.717) is 6.54 Å². The summed E-state index contributed by atoms with van der Waals surface area (Å²) >= 11 is 1.73. The molecule has 4 rings (SSSR count). The van der Waals surface area contributed by atoms with Crippen molar-refractivity contribution in [1.29, 1.82) is 0 Å². The molecule has 1 saturated heterocycles. The smallest absolute Gasteiger partial charge is 0.232 e. The summed E-state index contributed by atoms with van der Waals surface area (Å²) in [4.78, 5) is 21.2. The minimum atomic E-state index is 0. The number of thiazole rings is 1. The van der Waals surface area contributed by atoms with Gasteiger partial charge in [-0.05, 0) is 63.5 Å². The van der Waals surface area contributed by atoms with Crippen molar-refractivity contribution < 1.29 is 4.79 Å². The molecule has 132 valence electrons. The fourth-order valence-corrected chi connectivity index (χ4v) is 5.37. The monoisotopic (exact) mass is 367 g/mol. The van der Waals surface area contributed by atoms with Gasteiger partial charge in [-0.15, -0.1) is 30.3 Å². The number of nitrogens with one attached hydrogen (secondary N) is 1. The van der Waals surface area contributed by atoms with Crippen LogP contribution in [-0.2, 0) is 17.6 Å². The predicted octanol–water partition coefficient (Wildman–Crippen LogP) is 3.35. The number of carbonyl (C=O) groups is 1. The summed E-state index contributed by atoms with van der Waals surface area (Å²) in [5.41, 5.74) is 1.50. The van der Waals surface area contributed by atoms with Crippen molar-refractivity contribution in [2.24, 2.45) is 11.3 Å². The third-order valence-electron chi connectivity index (χ3n) is 5.73. The van der Waals surface area contributed by atoms with Gasteiger partial charge in [0.15, 0.2) is 5.13 Å². The lowest BCUT2D eigenvalue weighted by Crippen LogP contribution is -2.36. The highest BCUT2D eigenvalue weighted by Crippen LogP contribution is 2.59. The van der Waals surface area contributed by atoms with E-state index in [9.17, 15) is 4.79 Å². The minimum Gasteiger partial charge on any atom is -0.317 e. The van der Waals surface area contributed by atoms with Crippen molar-refractivity contribution in [1.82, 2.24) is 10.3 Å². The Bertz CT molecular complexity index is 600. The molecule has 1 aliphatic heterocycles. The number of anilines is 1. The van der Waals surface area contributed by atoms with Crippen LogP contribution in [0.1, 0.15) is 42.7 Å². The Balaban J connectivity index is 0.00000169. The Labute approximate surface area is 154 Å². The van der Waals surface area contributed by atoms with Gasteiger partial charge in [0.05, 0.1) is 5.69 Å². The number of rotatable bonds is 4. The van der Waals surface area contributed by atoms with Crippen molar-refractivity contribution >= 4 is 34.8 Å². The molecule has 6 heteroatoms. The molecule has 2 fully saturated rings. The van der Waals surface area contributed by atoms with Gasteiger partial charge in [-0.25, -0.2) is 4.98 Å². The van der Waals surface area contributed by atoms with Gasteiger partial charge in [0.2, 0.25) is 5.91 Å². The summed E-state index contributed by atoms with van der Waals surface area (Å²) in [5, 5.41) is 4.31. The molecular weight excluding hydrogens is 342 g/mol. The fourth-order valence-electron chi connectivity index (χ4n) is 4.21. The van der Waals surface area contributed by atoms with Crippen LogP contribution in [0.15, 0.2) is 12.7 Å². The Morgan fingerprint density at radius 3 is 2.83 bits per heavy atom. The molecule has 1 unspecified atom stereocenters. The Morgan fingerprint density at radius 1 is 1.38 bits per heavy atom. The van der Waals surface area contributed by atoms with Gasteiger partial charge < -0.3 is 5.32 Å². The van der Waals surface area contributed by atoms with Crippen LogP contribution in [0.5, 0.6) is 0 Å². The number of piperidine rings is 1. The highest BCUT2D eigenvalue weighted by molar-refractivity contribution is 7.16. The average Bonchev–Trinajstić information content (AvgIpc) is 3.08. The topological polar surface area (TPSA) is 45.2 Å². The van der Waals surface area contributed by atoms with E-state index in [0.717, 1.165) is 50.3 Å². The van der Waals surface area contributed by atoms with Gasteiger partial charge in [-0.1, -0.05) is 6.08 Å². The van der Waals surface area contributed by atoms with Crippen LogP contribution in [0.25, 0.3) is 0 Å². The van der Waals surface area contributed by atoms with Crippen LogP contribution in [-0.4, -0.2) is 30.5 Å². The first-order chi connectivity index (χ1) is 11.2. The molecule has 0 radical (unpaired) electrons. The largest absolute Gasteiger partial charge is 0.317 e. The molecule has 1 aromatic heterocycles. The van der Waals surface area contributed by atoms with E-state index in [1.54, 1.807) is 11.3 Å². The van der Waals surface area contributed by atoms with E-state index >= 15 is 0 Å². The molecule has 1 amide bonds. The first-order valence-electron chi connectivity index (χ1n) is 8.85. The number of hydrogen-bond acceptors (Lipinski definition) is 4. The van der Waals surface area contributed by atoms with E-state index < -0.39 is 0 Å². The molecule has 3 aliphatic rings. The molecule has 2 aliphatic carbocycles. The second-order valence-electron chi connectivity index (χ2n) is 7.18. The molecular formula is C18H26ClN3OS. The maximum Gasteiger partial charge on any atom is 0.232 e. The zero-order valence-corrected chi connectivity index (χ0v) is 15.7. The molecule has 24 heavy (non-hydrogen) atoms. The van der Waals surface area contributed by atoms with Crippen LogP contribution in [0.4, 0.5) is 5.13 Å². The van der Waals surface area contributed by atoms with Crippen LogP contribution in [0.3, 0.4) is 0 Å². The Hall–Kier alpha value is -0.910. The summed E-state index contributed by atoms with van der Waals surface area (Å²) in [6, 6.07) is 0. The van der Waals surface area contributed by atoms with Gasteiger partial charge in [-0.2, -0.15) is 0 Å². The van der Waals surface area contributed by atoms with E-state index in [2.05, 4.69) is 11.9 Å². The summed E-state index contributed by atoms with van der Waals surface area (Å²) in [6.07, 6.45) is 9.84. The average molecular weight is 368 g/mol. The van der Waals surface area contributed by atoms with Crippen LogP contribution >= 0.6 is 23.7 Å². The number of fused-ring (bicyclic) bond motifs is 1. The van der Waals surface area contributed by atoms with E-state index in [-0.39, 0.29) is 29.6 Å². The molecule has 1 saturated carbocycles. The number of aromatic nitrogens is 1. The highest BCUT2D eigenvalue weighted by Gasteiger charge is 2.58. The van der Waals surface area contributed by atoms with Gasteiger partial charge >= 0.3 is 0 Å². The van der Waals surface area contributed by atoms with Crippen LogP contribution in [0, 0.1) is 11.3 Å². The molecule has 1 aromatic rings. The van der Waals surface area contributed by atoms with Crippen molar-refractivity contribution in [2.75, 3.05) is 24.5 Å². The number of aryl methyl sites for hydroxylation is 2. The second-order valence-corrected chi connectivity index (χ2v) is 8.24. The normalized spacial score (nSPS) is 23.9. The lowest BCUT2D eigenvalue weighted by atomic mass is 9.91. The zero-order valence-electron chi connectivity index (χ0n) is 14.1. The SMILES string of the molecule is C=CCN(C(=O)C1CC12CCNCC2)c1nc2c(s1)CCCC2.Cl. The Morgan fingerprint density at radius 2 is 2.12 bits per heavy atom. The highest BCUT2D eigenvalue weighted by atomic mass is 35.5. The van der Waals surface area contributed by atoms with Crippen molar-refractivity contribution in [3.63, 3.8) is 0 Å². The number of amides is 1. The van der Waals surface area contributed by atoms with Gasteiger partial charge in [0.1, 0.15) is 0 Å². The summed E-state index contributed by atoms with van der Waals surface area (Å²) in [6.45, 7) is 6.53. The lowest BCUT2D eigenvalue weighted by Gasteiger charge is -2.25. The Kier molecular flexibility index (Phi) is 5.33. The van der Waals surface area contributed by atoms with Crippen LogP contribution < -0.4 is 10.2 Å². The van der Waals surface area contributed by atoms with E-state index in [1.807, 2.05) is 11.0 Å². The summed E-state index contributed by atoms with van der Waals surface area (Å²) in [7, 11) is 0. The zero-order chi connectivity index (χ0) is 15.9. The maximum absolute atomic E-state index is 13.1. The standard InChI is InChI=1S/C18H25N3OS.ClH/c1-2-11-21(17-20-14-5-3-4-6-15(14)23-17)16(22)13-12-18(13)7-9-19-10-8-18;/h2,13,19H,1,3-12H2;1H. The molecule has 1 N–H and O–H groups in total. The fraction of sp³-hybridized carbons (Fsp3) is 0.667. The van der Waals surface area contributed by atoms with E-state index in [1.165, 1.54) is 23.4 Å². The van der Waals surface area contributed by atoms with Crippen LogP contribution in [0.2, 0.25) is 0 Å². The van der Waals surface area contributed by atoms with Gasteiger partial charge in [0.25, 0.3) is 0 Å². The van der Waals surface area contributed by atoms with Gasteiger partial charge in [-0.3, -0.25) is 9.69 Å². The number of halogens is 1. The van der Waals surface area contributed by atoms with Crippen molar-refractivity contribution in [3.8, 4) is 0 Å². The minimum absolute atomic E-state index is 0. The molecule has 4 nitrogen and oxygen atoms in total. The maximum atomic E-state index is 13.1. The van der Waals surface area contributed by atoms with Crippen molar-refractivity contribution in [3.05, 3.63) is 23.2 Å². The van der Waals surface area contributed by atoms with Crippen molar-refractivity contribution in [2.45, 2.75) is 44.9 Å². The summed E-state index contributed by atoms with van der Waals surface area (Å²) < 4.78 is 0. The molecule has 1 atom stereocenters. The number of nitrogens with zero attached hydrogens (tertiary/aromatic N) is 2. The first-order valence-corrected chi connectivity index (χ1v) is 9.67. The second kappa shape index (κ2) is 7.14. The molecule has 2 heterocycles. The summed E-state index contributed by atoms with van der Waals surface area (Å²) in [5.74, 6) is 0.475. The molecule has 0 aromatic carbocycles. The number of carbonyl (C=O) groups excluding carboxylic acids is 1. The van der Waals surface area contributed by atoms with E-state index in [4.69, 9.17) is 4.98 Å². The molecule has 0 bridgehead atoms. The first kappa shape index (κ1) is 17.9. The van der Waals surface area contributed by atoms with Gasteiger partial charge in [0, 0.05) is 17.3 Å². The third-order valence-corrected chi connectivity index (χ3v) is 6.91. The lowest BCUT2D eigenvalue weighted by molar-refractivity contribution is -0.120. The number of hydrogen-bond donors (Lipinski definition) is 1. The predicted molar refractivity (Wildman–Crippen MR) is 101 cm³/mol. The molecule has 1 spiro atoms.